The maximum Gasteiger partial charge on any atom is 0.573 e. The van der Waals surface area contributed by atoms with E-state index in [1.807, 2.05) is 9.80 Å². The van der Waals surface area contributed by atoms with Crippen molar-refractivity contribution in [3.05, 3.63) is 53.8 Å². The van der Waals surface area contributed by atoms with Gasteiger partial charge in [-0.15, -0.1) is 13.2 Å². The van der Waals surface area contributed by atoms with Crippen LogP contribution in [0.4, 0.5) is 28.9 Å². The van der Waals surface area contributed by atoms with Gasteiger partial charge in [-0.3, -0.25) is 19.4 Å². The number of ether oxygens (including phenoxy) is 1. The fraction of sp³-hybridized carbons (Fsp3) is 0.391. The molecule has 1 saturated heterocycles. The van der Waals surface area contributed by atoms with Crippen LogP contribution in [0.2, 0.25) is 0 Å². The maximum atomic E-state index is 13.7. The van der Waals surface area contributed by atoms with Gasteiger partial charge in [-0.05, 0) is 55.8 Å². The summed E-state index contributed by atoms with van der Waals surface area (Å²) in [6.07, 6.45) is -4.77. The van der Waals surface area contributed by atoms with Gasteiger partial charge in [0.15, 0.2) is 0 Å². The summed E-state index contributed by atoms with van der Waals surface area (Å²) in [5, 5.41) is 5.37. The first-order valence-corrected chi connectivity index (χ1v) is 10.7. The molecular weight excluding hydrogens is 456 g/mol. The van der Waals surface area contributed by atoms with Crippen LogP contribution in [0.3, 0.4) is 0 Å². The summed E-state index contributed by atoms with van der Waals surface area (Å²) in [5.74, 6) is -1.30. The molecule has 1 aliphatic heterocycles. The van der Waals surface area contributed by atoms with Crippen molar-refractivity contribution < 1.29 is 31.9 Å². The summed E-state index contributed by atoms with van der Waals surface area (Å²) in [6, 6.07) is 9.01. The van der Waals surface area contributed by atoms with Gasteiger partial charge < -0.3 is 15.4 Å². The van der Waals surface area contributed by atoms with Crippen LogP contribution in [0, 0.1) is 12.7 Å². The summed E-state index contributed by atoms with van der Waals surface area (Å²) in [5.41, 5.74) is 1.25. The fourth-order valence-electron chi connectivity index (χ4n) is 3.54. The van der Waals surface area contributed by atoms with Crippen molar-refractivity contribution in [2.45, 2.75) is 26.3 Å². The molecule has 1 heterocycles. The van der Waals surface area contributed by atoms with Crippen LogP contribution >= 0.6 is 0 Å². The summed E-state index contributed by atoms with van der Waals surface area (Å²) in [6.45, 7) is 5.77. The first-order chi connectivity index (χ1) is 16.0. The van der Waals surface area contributed by atoms with Crippen molar-refractivity contribution in [3.63, 3.8) is 0 Å². The number of carbonyl (C=O) groups excluding carboxylic acids is 2. The lowest BCUT2D eigenvalue weighted by atomic mass is 10.2. The molecule has 0 radical (unpaired) electrons. The highest BCUT2D eigenvalue weighted by Gasteiger charge is 2.31. The highest BCUT2D eigenvalue weighted by molar-refractivity contribution is 5.94. The van der Waals surface area contributed by atoms with E-state index in [9.17, 15) is 27.2 Å². The Morgan fingerprint density at radius 2 is 1.62 bits per heavy atom. The van der Waals surface area contributed by atoms with Gasteiger partial charge in [0.25, 0.3) is 0 Å². The molecule has 0 aliphatic carbocycles. The molecule has 2 aromatic carbocycles. The van der Waals surface area contributed by atoms with Gasteiger partial charge in [0.2, 0.25) is 11.8 Å². The van der Waals surface area contributed by atoms with Gasteiger partial charge in [0.05, 0.1) is 12.6 Å². The third-order valence-corrected chi connectivity index (χ3v) is 5.51. The number of halogens is 4. The molecule has 7 nitrogen and oxygen atoms in total. The van der Waals surface area contributed by atoms with Gasteiger partial charge in [-0.1, -0.05) is 6.07 Å². The first-order valence-electron chi connectivity index (χ1n) is 10.7. The van der Waals surface area contributed by atoms with Crippen molar-refractivity contribution in [1.29, 1.82) is 0 Å². The molecule has 0 spiro atoms. The van der Waals surface area contributed by atoms with Crippen LogP contribution in [0.1, 0.15) is 12.5 Å². The summed E-state index contributed by atoms with van der Waals surface area (Å²) in [4.78, 5) is 28.8. The van der Waals surface area contributed by atoms with Crippen molar-refractivity contribution in [1.82, 2.24) is 9.80 Å². The second kappa shape index (κ2) is 10.8. The van der Waals surface area contributed by atoms with Crippen molar-refractivity contribution in [2.24, 2.45) is 0 Å². The van der Waals surface area contributed by atoms with E-state index in [2.05, 4.69) is 15.4 Å². The van der Waals surface area contributed by atoms with Crippen LogP contribution in [-0.2, 0) is 9.59 Å². The average molecular weight is 482 g/mol. The van der Waals surface area contributed by atoms with Crippen molar-refractivity contribution in [2.75, 3.05) is 43.4 Å². The highest BCUT2D eigenvalue weighted by Crippen LogP contribution is 2.24. The largest absolute Gasteiger partial charge is 0.573 e. The monoisotopic (exact) mass is 482 g/mol. The quantitative estimate of drug-likeness (QED) is 0.590. The number of nitrogens with one attached hydrogen (secondary N) is 2. The summed E-state index contributed by atoms with van der Waals surface area (Å²) >= 11 is 0. The Morgan fingerprint density at radius 1 is 1.00 bits per heavy atom. The number of anilines is 2. The second-order valence-corrected chi connectivity index (χ2v) is 8.06. The highest BCUT2D eigenvalue weighted by atomic mass is 19.4. The number of benzene rings is 2. The van der Waals surface area contributed by atoms with E-state index in [0.29, 0.717) is 43.1 Å². The topological polar surface area (TPSA) is 73.9 Å². The number of carbonyl (C=O) groups is 2. The maximum absolute atomic E-state index is 13.7. The third kappa shape index (κ3) is 7.42. The van der Waals surface area contributed by atoms with E-state index < -0.39 is 12.4 Å². The van der Waals surface area contributed by atoms with E-state index in [1.54, 1.807) is 26.0 Å². The fourth-order valence-corrected chi connectivity index (χ4v) is 3.54. The molecule has 1 fully saturated rings. The lowest BCUT2D eigenvalue weighted by Crippen LogP contribution is -2.53. The SMILES string of the molecule is Cc1ccc(NC(=O)C(C)N2CCN(CC(=O)Nc3ccc(OC(F)(F)F)cc3)CC2)cc1F. The summed E-state index contributed by atoms with van der Waals surface area (Å²) in [7, 11) is 0. The zero-order chi connectivity index (χ0) is 24.9. The predicted molar refractivity (Wildman–Crippen MR) is 119 cm³/mol. The van der Waals surface area contributed by atoms with Crippen LogP contribution in [0.25, 0.3) is 0 Å². The molecule has 2 amide bonds. The van der Waals surface area contributed by atoms with Crippen LogP contribution in [0.5, 0.6) is 5.75 Å². The Bertz CT molecular complexity index is 1010. The Morgan fingerprint density at radius 3 is 2.21 bits per heavy atom. The second-order valence-electron chi connectivity index (χ2n) is 8.06. The minimum Gasteiger partial charge on any atom is -0.406 e. The molecule has 0 bridgehead atoms. The predicted octanol–water partition coefficient (Wildman–Crippen LogP) is 3.62. The van der Waals surface area contributed by atoms with Gasteiger partial charge >= 0.3 is 6.36 Å². The van der Waals surface area contributed by atoms with E-state index in [0.717, 1.165) is 12.1 Å². The van der Waals surface area contributed by atoms with E-state index in [1.165, 1.54) is 18.2 Å². The van der Waals surface area contributed by atoms with Gasteiger partial charge in [0, 0.05) is 37.6 Å². The third-order valence-electron chi connectivity index (χ3n) is 5.51. The van der Waals surface area contributed by atoms with E-state index >= 15 is 0 Å². The molecule has 1 atom stereocenters. The standard InChI is InChI=1S/C23H26F4N4O3/c1-15-3-4-18(13-20(15)24)29-22(33)16(2)31-11-9-30(10-12-31)14-21(32)28-17-5-7-19(8-6-17)34-23(25,26)27/h3-8,13,16H,9-12,14H2,1-2H3,(H,28,32)(H,29,33). The molecule has 184 valence electrons. The van der Waals surface area contributed by atoms with E-state index in [-0.39, 0.29) is 29.9 Å². The minimum atomic E-state index is -4.77. The van der Waals surface area contributed by atoms with Crippen LogP contribution < -0.4 is 15.4 Å². The molecule has 1 aliphatic rings. The minimum absolute atomic E-state index is 0.109. The van der Waals surface area contributed by atoms with Crippen LogP contribution in [-0.4, -0.2) is 66.7 Å². The molecule has 2 N–H and O–H groups in total. The number of aryl methyl sites for hydroxylation is 1. The number of alkyl halides is 3. The van der Waals surface area contributed by atoms with Gasteiger partial charge in [-0.25, -0.2) is 4.39 Å². The van der Waals surface area contributed by atoms with E-state index in [4.69, 9.17) is 0 Å². The van der Waals surface area contributed by atoms with Crippen molar-refractivity contribution >= 4 is 23.2 Å². The normalized spacial score (nSPS) is 16.1. The molecule has 11 heteroatoms. The molecule has 0 saturated carbocycles. The Hall–Kier alpha value is -3.18. The molecule has 34 heavy (non-hydrogen) atoms. The Labute approximate surface area is 194 Å². The zero-order valence-electron chi connectivity index (χ0n) is 18.8. The number of hydrogen-bond donors (Lipinski definition) is 2. The summed E-state index contributed by atoms with van der Waals surface area (Å²) < 4.78 is 54.2. The first kappa shape index (κ1) is 25.4. The Balaban J connectivity index is 1.42. The lowest BCUT2D eigenvalue weighted by Gasteiger charge is -2.37. The number of hydrogen-bond acceptors (Lipinski definition) is 5. The van der Waals surface area contributed by atoms with Gasteiger partial charge in [0.1, 0.15) is 11.6 Å². The molecule has 3 rings (SSSR count). The number of amides is 2. The van der Waals surface area contributed by atoms with Crippen molar-refractivity contribution in [3.8, 4) is 5.75 Å². The molecule has 2 aromatic rings. The molecular formula is C23H26F4N4O3. The molecule has 0 aromatic heterocycles. The average Bonchev–Trinajstić information content (AvgIpc) is 2.76. The smallest absolute Gasteiger partial charge is 0.406 e. The number of piperazine rings is 1. The lowest BCUT2D eigenvalue weighted by molar-refractivity contribution is -0.274. The van der Waals surface area contributed by atoms with Gasteiger partial charge in [-0.2, -0.15) is 0 Å². The van der Waals surface area contributed by atoms with Crippen LogP contribution in [0.15, 0.2) is 42.5 Å². The number of rotatable bonds is 7. The zero-order valence-corrected chi connectivity index (χ0v) is 18.8. The number of nitrogens with zero attached hydrogens (tertiary/aromatic N) is 2. The molecule has 1 unspecified atom stereocenters. The Kier molecular flexibility index (Phi) is 8.11.